The van der Waals surface area contributed by atoms with Gasteiger partial charge in [-0.05, 0) is 6.92 Å². The van der Waals surface area contributed by atoms with E-state index in [1.165, 1.54) is 0 Å². The zero-order valence-corrected chi connectivity index (χ0v) is 8.20. The van der Waals surface area contributed by atoms with Gasteiger partial charge in [0, 0.05) is 13.2 Å². The quantitative estimate of drug-likeness (QED) is 0.270. The number of unbranched alkanes of at least 4 members (excludes halogenated alkanes) is 1. The van der Waals surface area contributed by atoms with Crippen molar-refractivity contribution in [3.63, 3.8) is 0 Å². The summed E-state index contributed by atoms with van der Waals surface area (Å²) in [6, 6.07) is 0. The first-order chi connectivity index (χ1) is 3.41. The SMILES string of the molecule is [CH2-]CCCOCC.[Cl-].[Mg+2]. The summed E-state index contributed by atoms with van der Waals surface area (Å²) >= 11 is 0. The number of rotatable bonds is 4. The van der Waals surface area contributed by atoms with E-state index in [1.54, 1.807) is 0 Å². The minimum atomic E-state index is 0. The maximum Gasteiger partial charge on any atom is 2.00 e. The summed E-state index contributed by atoms with van der Waals surface area (Å²) in [5, 5.41) is 0. The second-order valence-corrected chi connectivity index (χ2v) is 1.40. The van der Waals surface area contributed by atoms with Gasteiger partial charge in [-0.1, -0.05) is 6.42 Å². The van der Waals surface area contributed by atoms with E-state index in [0.717, 1.165) is 26.1 Å². The normalized spacial score (nSPS) is 7.33. The second kappa shape index (κ2) is 16.0. The first kappa shape index (κ1) is 16.5. The third-order valence-corrected chi connectivity index (χ3v) is 0.743. The summed E-state index contributed by atoms with van der Waals surface area (Å²) in [4.78, 5) is 0. The Balaban J connectivity index is -0.000000180. The van der Waals surface area contributed by atoms with Gasteiger partial charge in [0.1, 0.15) is 0 Å². The van der Waals surface area contributed by atoms with E-state index in [-0.39, 0.29) is 35.5 Å². The molecule has 0 aromatic heterocycles. The predicted octanol–water partition coefficient (Wildman–Crippen LogP) is -1.74. The number of hydrogen-bond donors (Lipinski definition) is 0. The second-order valence-electron chi connectivity index (χ2n) is 1.40. The smallest absolute Gasteiger partial charge is 1.00 e. The Hall–Kier alpha value is 1.02. The maximum absolute atomic E-state index is 5.03. The van der Waals surface area contributed by atoms with Crippen LogP contribution in [0.25, 0.3) is 0 Å². The number of ether oxygens (including phenoxy) is 1. The standard InChI is InChI=1S/C6H13O.ClH.Mg/c1-3-5-6-7-4-2;;/h1,3-6H2,2H3;1H;/q-1;;+2/p-1. The van der Waals surface area contributed by atoms with Crippen molar-refractivity contribution < 1.29 is 17.1 Å². The number of hydrogen-bond acceptors (Lipinski definition) is 1. The molecule has 1 nitrogen and oxygen atoms in total. The third kappa shape index (κ3) is 17.6. The molecule has 52 valence electrons. The van der Waals surface area contributed by atoms with Gasteiger partial charge in [0.25, 0.3) is 0 Å². The van der Waals surface area contributed by atoms with Gasteiger partial charge in [-0.15, -0.1) is 0 Å². The van der Waals surface area contributed by atoms with Crippen LogP contribution < -0.4 is 12.4 Å². The van der Waals surface area contributed by atoms with Crippen molar-refractivity contribution >= 4 is 23.1 Å². The molecule has 0 saturated carbocycles. The van der Waals surface area contributed by atoms with Crippen LogP contribution in [0.3, 0.4) is 0 Å². The van der Waals surface area contributed by atoms with Gasteiger partial charge in [0.05, 0.1) is 0 Å². The van der Waals surface area contributed by atoms with E-state index in [2.05, 4.69) is 6.92 Å². The summed E-state index contributed by atoms with van der Waals surface area (Å²) in [5.74, 6) is 0. The van der Waals surface area contributed by atoms with Crippen molar-refractivity contribution in [1.29, 1.82) is 0 Å². The summed E-state index contributed by atoms with van der Waals surface area (Å²) in [6.45, 7) is 7.39. The Labute approximate surface area is 80.1 Å². The molecule has 0 heterocycles. The van der Waals surface area contributed by atoms with E-state index in [1.807, 2.05) is 6.92 Å². The van der Waals surface area contributed by atoms with Crippen LogP contribution in [0.15, 0.2) is 0 Å². The number of halogens is 1. The van der Waals surface area contributed by atoms with Crippen LogP contribution >= 0.6 is 0 Å². The fourth-order valence-electron chi connectivity index (χ4n) is 0.348. The van der Waals surface area contributed by atoms with Crippen LogP contribution in [0.5, 0.6) is 0 Å². The molecule has 3 heteroatoms. The van der Waals surface area contributed by atoms with Crippen LogP contribution in [-0.2, 0) is 4.74 Å². The molecule has 0 aliphatic carbocycles. The zero-order chi connectivity index (χ0) is 5.54. The minimum absolute atomic E-state index is 0. The topological polar surface area (TPSA) is 9.23 Å². The fourth-order valence-corrected chi connectivity index (χ4v) is 0.348. The Kier molecular flexibility index (Phi) is 29.4. The van der Waals surface area contributed by atoms with E-state index in [0.29, 0.717) is 0 Å². The van der Waals surface area contributed by atoms with Crippen molar-refractivity contribution in [2.24, 2.45) is 0 Å². The molecule has 0 amide bonds. The third-order valence-electron chi connectivity index (χ3n) is 0.743. The monoisotopic (exact) mass is 160 g/mol. The summed E-state index contributed by atoms with van der Waals surface area (Å²) in [5.41, 5.74) is 0. The van der Waals surface area contributed by atoms with E-state index in [4.69, 9.17) is 4.74 Å². The molecule has 0 radical (unpaired) electrons. The Morgan fingerprint density at radius 1 is 1.44 bits per heavy atom. The molecule has 0 atom stereocenters. The van der Waals surface area contributed by atoms with E-state index < -0.39 is 0 Å². The van der Waals surface area contributed by atoms with Crippen molar-refractivity contribution in [2.75, 3.05) is 13.2 Å². The van der Waals surface area contributed by atoms with Gasteiger partial charge in [-0.2, -0.15) is 6.42 Å². The average Bonchev–Trinajstić information content (AvgIpc) is 1.69. The molecule has 0 rings (SSSR count). The van der Waals surface area contributed by atoms with E-state index >= 15 is 0 Å². The molecule has 0 spiro atoms. The Bertz CT molecular complexity index is 32.2. The van der Waals surface area contributed by atoms with Gasteiger partial charge in [-0.25, -0.2) is 0 Å². The molecule has 0 aliphatic rings. The van der Waals surface area contributed by atoms with Gasteiger partial charge in [-0.3, -0.25) is 0 Å². The van der Waals surface area contributed by atoms with Crippen LogP contribution in [0.2, 0.25) is 0 Å². The fraction of sp³-hybridized carbons (Fsp3) is 0.833. The van der Waals surface area contributed by atoms with Crippen molar-refractivity contribution in [3.8, 4) is 0 Å². The van der Waals surface area contributed by atoms with Crippen molar-refractivity contribution in [1.82, 2.24) is 0 Å². The molecule has 0 aromatic rings. The van der Waals surface area contributed by atoms with Gasteiger partial charge < -0.3 is 24.1 Å². The molecule has 9 heavy (non-hydrogen) atoms. The molecule has 0 saturated heterocycles. The van der Waals surface area contributed by atoms with Crippen LogP contribution in [0, 0.1) is 6.92 Å². The van der Waals surface area contributed by atoms with E-state index in [9.17, 15) is 0 Å². The zero-order valence-electron chi connectivity index (χ0n) is 6.03. The summed E-state index contributed by atoms with van der Waals surface area (Å²) < 4.78 is 5.03. The van der Waals surface area contributed by atoms with Gasteiger partial charge in [0.15, 0.2) is 0 Å². The van der Waals surface area contributed by atoms with Crippen LogP contribution in [-0.4, -0.2) is 36.3 Å². The molecule has 0 aromatic carbocycles. The minimum Gasteiger partial charge on any atom is -1.00 e. The van der Waals surface area contributed by atoms with Crippen LogP contribution in [0.1, 0.15) is 19.8 Å². The summed E-state index contributed by atoms with van der Waals surface area (Å²) in [7, 11) is 0. The van der Waals surface area contributed by atoms with Crippen molar-refractivity contribution in [2.45, 2.75) is 19.8 Å². The first-order valence-electron chi connectivity index (χ1n) is 2.78. The van der Waals surface area contributed by atoms with Gasteiger partial charge >= 0.3 is 23.1 Å². The molecule has 0 unspecified atom stereocenters. The molecule has 0 N–H and O–H groups in total. The van der Waals surface area contributed by atoms with Crippen LogP contribution in [0.4, 0.5) is 0 Å². The molecule has 0 aliphatic heterocycles. The average molecular weight is 161 g/mol. The predicted molar refractivity (Wildman–Crippen MR) is 36.8 cm³/mol. The Morgan fingerprint density at radius 2 is 2.00 bits per heavy atom. The maximum atomic E-state index is 5.03. The van der Waals surface area contributed by atoms with Gasteiger partial charge in [0.2, 0.25) is 0 Å². The first-order valence-corrected chi connectivity index (χ1v) is 2.78. The Morgan fingerprint density at radius 3 is 2.33 bits per heavy atom. The molecular formula is C6H13ClMgO. The molecule has 0 bridgehead atoms. The molecule has 0 fully saturated rings. The largest absolute Gasteiger partial charge is 2.00 e. The summed E-state index contributed by atoms with van der Waals surface area (Å²) in [6.07, 6.45) is 2.08. The molecular weight excluding hydrogens is 148 g/mol. The van der Waals surface area contributed by atoms with Crippen molar-refractivity contribution in [3.05, 3.63) is 6.92 Å².